The average Bonchev–Trinajstić information content (AvgIpc) is 1.84. The molecule has 4 heteroatoms. The number of hydrogen-bond acceptors (Lipinski definition) is 2. The van der Waals surface area contributed by atoms with Crippen molar-refractivity contribution in [2.45, 2.75) is 19.0 Å². The Morgan fingerprint density at radius 1 is 1.67 bits per heavy atom. The van der Waals surface area contributed by atoms with Gasteiger partial charge >= 0.3 is 0 Å². The number of alkyl halides is 1. The third kappa shape index (κ3) is 1.03. The van der Waals surface area contributed by atoms with Crippen molar-refractivity contribution in [3.05, 3.63) is 0 Å². The van der Waals surface area contributed by atoms with Crippen LogP contribution >= 0.6 is 0 Å². The zero-order valence-electron chi connectivity index (χ0n) is 4.93. The summed E-state index contributed by atoms with van der Waals surface area (Å²) in [4.78, 5) is 10.5. The molecule has 0 spiro atoms. The van der Waals surface area contributed by atoms with Gasteiger partial charge in [0.05, 0.1) is 5.92 Å². The minimum absolute atomic E-state index is 0.381. The molecular weight excluding hydrogens is 123 g/mol. The van der Waals surface area contributed by atoms with E-state index in [0.717, 1.165) is 0 Å². The Balaban J connectivity index is 2.35. The summed E-state index contributed by atoms with van der Waals surface area (Å²) in [6.07, 6.45) is 0.163. The fourth-order valence-corrected chi connectivity index (χ4v) is 0.862. The summed E-state index contributed by atoms with van der Waals surface area (Å²) in [7, 11) is 0. The van der Waals surface area contributed by atoms with E-state index in [1.165, 1.54) is 0 Å². The first-order valence-electron chi connectivity index (χ1n) is 2.90. The van der Waals surface area contributed by atoms with Crippen LogP contribution in [0.2, 0.25) is 0 Å². The highest BCUT2D eigenvalue weighted by Crippen LogP contribution is 2.29. The van der Waals surface area contributed by atoms with Crippen molar-refractivity contribution in [2.75, 3.05) is 0 Å². The van der Waals surface area contributed by atoms with Gasteiger partial charge in [-0.15, -0.1) is 0 Å². The average molecular weight is 132 g/mol. The van der Waals surface area contributed by atoms with Gasteiger partial charge in [-0.3, -0.25) is 10.2 Å². The summed E-state index contributed by atoms with van der Waals surface area (Å²) >= 11 is 0. The summed E-state index contributed by atoms with van der Waals surface area (Å²) in [6.45, 7) is 0. The number of rotatable bonds is 1. The lowest BCUT2D eigenvalue weighted by Gasteiger charge is -2.27. The van der Waals surface area contributed by atoms with E-state index in [9.17, 15) is 9.18 Å². The number of carbonyl (C=O) groups excluding carboxylic acids is 1. The highest BCUT2D eigenvalue weighted by molar-refractivity contribution is 5.79. The summed E-state index contributed by atoms with van der Waals surface area (Å²) in [5.74, 6) is 3.92. The molecule has 0 heterocycles. The van der Waals surface area contributed by atoms with E-state index in [2.05, 4.69) is 0 Å². The maximum Gasteiger partial charge on any atom is 0.239 e. The predicted molar refractivity (Wildman–Crippen MR) is 30.0 cm³/mol. The van der Waals surface area contributed by atoms with Gasteiger partial charge in [-0.05, 0) is 12.8 Å². The van der Waals surface area contributed by atoms with Crippen LogP contribution in [0.5, 0.6) is 0 Å². The van der Waals surface area contributed by atoms with Gasteiger partial charge in [-0.2, -0.15) is 0 Å². The Kier molecular flexibility index (Phi) is 1.66. The maximum atomic E-state index is 12.3. The quantitative estimate of drug-likeness (QED) is 0.293. The van der Waals surface area contributed by atoms with Crippen LogP contribution in [-0.4, -0.2) is 12.1 Å². The molecule has 1 aliphatic rings. The number of hydrazine groups is 1. The number of halogens is 1. The zero-order valence-corrected chi connectivity index (χ0v) is 4.93. The lowest BCUT2D eigenvalue weighted by molar-refractivity contribution is -0.130. The van der Waals surface area contributed by atoms with Gasteiger partial charge in [0.1, 0.15) is 6.17 Å². The largest absolute Gasteiger partial charge is 0.294 e. The molecule has 1 rings (SSSR count). The summed E-state index contributed by atoms with van der Waals surface area (Å²) in [5, 5.41) is 0. The fourth-order valence-electron chi connectivity index (χ4n) is 0.862. The molecule has 0 aromatic heterocycles. The van der Waals surface area contributed by atoms with Gasteiger partial charge in [-0.1, -0.05) is 0 Å². The Bertz CT molecular complexity index is 128. The van der Waals surface area contributed by atoms with Crippen LogP contribution in [-0.2, 0) is 4.79 Å². The van der Waals surface area contributed by atoms with E-state index in [4.69, 9.17) is 5.84 Å². The number of nitrogens with two attached hydrogens (primary N) is 1. The van der Waals surface area contributed by atoms with Gasteiger partial charge in [0.25, 0.3) is 0 Å². The molecule has 0 aromatic carbocycles. The Hall–Kier alpha value is -0.640. The van der Waals surface area contributed by atoms with E-state index in [1.54, 1.807) is 0 Å². The molecule has 52 valence electrons. The van der Waals surface area contributed by atoms with E-state index < -0.39 is 12.1 Å². The Morgan fingerprint density at radius 2 is 2.33 bits per heavy atom. The monoisotopic (exact) mass is 132 g/mol. The number of carbonyl (C=O) groups is 1. The highest BCUT2D eigenvalue weighted by atomic mass is 19.1. The van der Waals surface area contributed by atoms with Gasteiger partial charge in [0.15, 0.2) is 0 Å². The third-order valence-electron chi connectivity index (χ3n) is 1.67. The number of amides is 1. The van der Waals surface area contributed by atoms with Crippen LogP contribution in [0.4, 0.5) is 4.39 Å². The molecule has 0 saturated heterocycles. The molecule has 0 aliphatic heterocycles. The molecule has 2 unspecified atom stereocenters. The molecule has 1 saturated carbocycles. The molecule has 3 N–H and O–H groups in total. The first-order valence-corrected chi connectivity index (χ1v) is 2.90. The standard InChI is InChI=1S/C5H9FN2O/c6-4-2-1-3(4)5(9)8-7/h3-4H,1-2,7H2,(H,8,9). The highest BCUT2D eigenvalue weighted by Gasteiger charge is 2.36. The van der Waals surface area contributed by atoms with Crippen molar-refractivity contribution in [2.24, 2.45) is 11.8 Å². The summed E-state index contributed by atoms with van der Waals surface area (Å²) < 4.78 is 12.3. The fraction of sp³-hybridized carbons (Fsp3) is 0.800. The van der Waals surface area contributed by atoms with Gasteiger partial charge in [0.2, 0.25) is 5.91 Å². The summed E-state index contributed by atoms with van der Waals surface area (Å²) in [5.41, 5.74) is 1.92. The molecule has 1 amide bonds. The van der Waals surface area contributed by atoms with Crippen molar-refractivity contribution in [1.29, 1.82) is 0 Å². The molecule has 2 atom stereocenters. The van der Waals surface area contributed by atoms with Crippen LogP contribution in [0.25, 0.3) is 0 Å². The van der Waals surface area contributed by atoms with E-state index in [1.807, 2.05) is 5.43 Å². The minimum atomic E-state index is -0.964. The predicted octanol–water partition coefficient (Wildman–Crippen LogP) is -0.276. The lowest BCUT2D eigenvalue weighted by Crippen LogP contribution is -2.44. The normalized spacial score (nSPS) is 33.1. The van der Waals surface area contributed by atoms with Crippen molar-refractivity contribution < 1.29 is 9.18 Å². The first kappa shape index (κ1) is 6.48. The molecule has 0 bridgehead atoms. The molecule has 1 aliphatic carbocycles. The molecular formula is C5H9FN2O. The maximum absolute atomic E-state index is 12.3. The first-order chi connectivity index (χ1) is 4.25. The second-order valence-electron chi connectivity index (χ2n) is 2.21. The van der Waals surface area contributed by atoms with Crippen LogP contribution in [0.3, 0.4) is 0 Å². The van der Waals surface area contributed by atoms with E-state index >= 15 is 0 Å². The second kappa shape index (κ2) is 2.31. The molecule has 1 fully saturated rings. The van der Waals surface area contributed by atoms with Crippen LogP contribution in [0, 0.1) is 5.92 Å². The van der Waals surface area contributed by atoms with Crippen LogP contribution in [0.1, 0.15) is 12.8 Å². The Morgan fingerprint density at radius 3 is 2.44 bits per heavy atom. The second-order valence-corrected chi connectivity index (χ2v) is 2.21. The molecule has 0 radical (unpaired) electrons. The Labute approximate surface area is 52.4 Å². The minimum Gasteiger partial charge on any atom is -0.294 e. The van der Waals surface area contributed by atoms with Crippen molar-refractivity contribution >= 4 is 5.91 Å². The van der Waals surface area contributed by atoms with Crippen LogP contribution < -0.4 is 11.3 Å². The van der Waals surface area contributed by atoms with Gasteiger partial charge in [0, 0.05) is 0 Å². The van der Waals surface area contributed by atoms with Gasteiger partial charge in [-0.25, -0.2) is 10.2 Å². The molecule has 3 nitrogen and oxygen atoms in total. The van der Waals surface area contributed by atoms with E-state index in [0.29, 0.717) is 12.8 Å². The third-order valence-corrected chi connectivity index (χ3v) is 1.67. The smallest absolute Gasteiger partial charge is 0.239 e. The lowest BCUT2D eigenvalue weighted by atomic mass is 9.83. The SMILES string of the molecule is NNC(=O)C1CCC1F. The number of nitrogens with one attached hydrogen (secondary N) is 1. The van der Waals surface area contributed by atoms with Gasteiger partial charge < -0.3 is 0 Å². The van der Waals surface area contributed by atoms with Crippen molar-refractivity contribution in [1.82, 2.24) is 5.43 Å². The molecule has 9 heavy (non-hydrogen) atoms. The van der Waals surface area contributed by atoms with Crippen molar-refractivity contribution in [3.63, 3.8) is 0 Å². The molecule has 0 aromatic rings. The van der Waals surface area contributed by atoms with Crippen LogP contribution in [0.15, 0.2) is 0 Å². The van der Waals surface area contributed by atoms with E-state index in [-0.39, 0.29) is 5.91 Å². The number of hydrogen-bond donors (Lipinski definition) is 2. The topological polar surface area (TPSA) is 55.1 Å². The van der Waals surface area contributed by atoms with Crippen molar-refractivity contribution in [3.8, 4) is 0 Å². The summed E-state index contributed by atoms with van der Waals surface area (Å²) in [6, 6.07) is 0. The zero-order chi connectivity index (χ0) is 6.85.